The van der Waals surface area contributed by atoms with Crippen LogP contribution in [0.2, 0.25) is 5.02 Å². The maximum Gasteiger partial charge on any atom is 0.410 e. The molecule has 1 aliphatic heterocycles. The molecule has 2 aromatic carbocycles. The first kappa shape index (κ1) is 24.3. The van der Waals surface area contributed by atoms with Gasteiger partial charge in [-0.3, -0.25) is 0 Å². The fraction of sp³-hybridized carbons (Fsp3) is 0.458. The van der Waals surface area contributed by atoms with Crippen molar-refractivity contribution in [2.45, 2.75) is 43.4 Å². The molecular weight excluding hydrogens is 496 g/mol. The van der Waals surface area contributed by atoms with Gasteiger partial charge in [0.05, 0.1) is 0 Å². The number of hydrogen-bond acceptors (Lipinski definition) is 4. The highest BCUT2D eigenvalue weighted by Crippen LogP contribution is 2.31. The molecule has 0 aliphatic carbocycles. The number of carbonyl (C=O) groups excluding carboxylic acids is 1. The van der Waals surface area contributed by atoms with Gasteiger partial charge in [-0.05, 0) is 69.0 Å². The molecule has 1 aliphatic rings. The fourth-order valence-electron chi connectivity index (χ4n) is 3.58. The predicted molar refractivity (Wildman–Crippen MR) is 134 cm³/mol. The van der Waals surface area contributed by atoms with E-state index in [0.29, 0.717) is 5.92 Å². The summed E-state index contributed by atoms with van der Waals surface area (Å²) in [7, 11) is 2.12. The van der Waals surface area contributed by atoms with Gasteiger partial charge in [-0.25, -0.2) is 4.79 Å². The highest BCUT2D eigenvalue weighted by Gasteiger charge is 2.30. The Kier molecular flexibility index (Phi) is 8.22. The second kappa shape index (κ2) is 10.5. The van der Waals surface area contributed by atoms with Gasteiger partial charge < -0.3 is 14.5 Å². The summed E-state index contributed by atoms with van der Waals surface area (Å²) >= 11 is 11.4. The number of nitrogens with zero attached hydrogens (tertiary/aromatic N) is 2. The molecule has 0 aromatic heterocycles. The average Bonchev–Trinajstić information content (AvgIpc) is 3.15. The molecule has 1 atom stereocenters. The molecule has 1 heterocycles. The highest BCUT2D eigenvalue weighted by atomic mass is 79.9. The lowest BCUT2D eigenvalue weighted by molar-refractivity contribution is 0.0288. The smallest absolute Gasteiger partial charge is 0.410 e. The molecule has 0 N–H and O–H groups in total. The maximum absolute atomic E-state index is 12.3. The zero-order chi connectivity index (χ0) is 22.6. The summed E-state index contributed by atoms with van der Waals surface area (Å²) in [6.07, 6.45) is 0.798. The predicted octanol–water partition coefficient (Wildman–Crippen LogP) is 7.09. The lowest BCUT2D eigenvalue weighted by Crippen LogP contribution is -2.36. The Bertz CT molecular complexity index is 919. The molecule has 4 nitrogen and oxygen atoms in total. The van der Waals surface area contributed by atoms with Gasteiger partial charge in [0, 0.05) is 52.5 Å². The molecule has 1 saturated heterocycles. The minimum absolute atomic E-state index is 0.204. The number of likely N-dealkylation sites (tertiary alicyclic amines) is 1. The van der Waals surface area contributed by atoms with Crippen LogP contribution in [0.5, 0.6) is 0 Å². The van der Waals surface area contributed by atoms with Gasteiger partial charge in [-0.15, -0.1) is 11.8 Å². The minimum atomic E-state index is -0.453. The van der Waals surface area contributed by atoms with Crippen molar-refractivity contribution in [3.05, 3.63) is 57.5 Å². The number of ether oxygens (including phenoxy) is 1. The second-order valence-electron chi connectivity index (χ2n) is 8.98. The number of anilines is 1. The van der Waals surface area contributed by atoms with Gasteiger partial charge in [0.25, 0.3) is 0 Å². The first-order valence-corrected chi connectivity index (χ1v) is 12.6. The van der Waals surface area contributed by atoms with E-state index in [2.05, 4.69) is 58.2 Å². The molecule has 0 saturated carbocycles. The third-order valence-electron chi connectivity index (χ3n) is 5.14. The van der Waals surface area contributed by atoms with Crippen molar-refractivity contribution in [3.8, 4) is 0 Å². The second-order valence-corrected chi connectivity index (χ2v) is 11.3. The lowest BCUT2D eigenvalue weighted by atomic mass is 10.1. The molecule has 1 amide bonds. The number of rotatable bonds is 6. The summed E-state index contributed by atoms with van der Waals surface area (Å²) in [5.41, 5.74) is 1.96. The Labute approximate surface area is 203 Å². The molecule has 0 radical (unpaired) electrons. The Balaban J connectivity index is 1.54. The quantitative estimate of drug-likeness (QED) is 0.377. The van der Waals surface area contributed by atoms with E-state index in [0.717, 1.165) is 41.3 Å². The molecule has 31 heavy (non-hydrogen) atoms. The third kappa shape index (κ3) is 7.33. The van der Waals surface area contributed by atoms with Crippen LogP contribution in [0.25, 0.3) is 0 Å². The molecule has 3 rings (SSSR count). The Hall–Kier alpha value is -1.37. The van der Waals surface area contributed by atoms with Crippen molar-refractivity contribution in [1.82, 2.24) is 4.90 Å². The summed E-state index contributed by atoms with van der Waals surface area (Å²) in [4.78, 5) is 17.7. The molecule has 1 unspecified atom stereocenters. The van der Waals surface area contributed by atoms with Crippen LogP contribution in [0.15, 0.2) is 51.8 Å². The molecule has 0 spiro atoms. The van der Waals surface area contributed by atoms with E-state index in [-0.39, 0.29) is 6.09 Å². The molecular formula is C24H30BrClN2O2S. The van der Waals surface area contributed by atoms with Crippen LogP contribution in [-0.4, -0.2) is 43.3 Å². The molecule has 7 heteroatoms. The van der Waals surface area contributed by atoms with Crippen molar-refractivity contribution >= 4 is 51.1 Å². The summed E-state index contributed by atoms with van der Waals surface area (Å²) in [5.74, 6) is 1.32. The van der Waals surface area contributed by atoms with E-state index in [1.807, 2.05) is 49.6 Å². The van der Waals surface area contributed by atoms with Gasteiger partial charge >= 0.3 is 6.09 Å². The van der Waals surface area contributed by atoms with Crippen LogP contribution in [0.4, 0.5) is 10.5 Å². The first-order chi connectivity index (χ1) is 14.6. The largest absolute Gasteiger partial charge is 0.444 e. The third-order valence-corrected chi connectivity index (χ3v) is 7.15. The summed E-state index contributed by atoms with van der Waals surface area (Å²) < 4.78 is 6.55. The SMILES string of the molecule is CN(CC1CCN(C(=O)OC(C)(C)C)C1)c1cccc(SCc2ccc(Cl)cc2Br)c1. The van der Waals surface area contributed by atoms with Crippen LogP contribution >= 0.6 is 39.3 Å². The summed E-state index contributed by atoms with van der Waals surface area (Å²) in [6, 6.07) is 14.5. The number of halogens is 2. The van der Waals surface area contributed by atoms with E-state index >= 15 is 0 Å². The zero-order valence-electron chi connectivity index (χ0n) is 18.5. The zero-order valence-corrected chi connectivity index (χ0v) is 21.7. The highest BCUT2D eigenvalue weighted by molar-refractivity contribution is 9.10. The number of amides is 1. The monoisotopic (exact) mass is 524 g/mol. The lowest BCUT2D eigenvalue weighted by Gasteiger charge is -2.26. The van der Waals surface area contributed by atoms with E-state index in [1.165, 1.54) is 16.1 Å². The molecule has 168 valence electrons. The fourth-order valence-corrected chi connectivity index (χ4v) is 5.54. The van der Waals surface area contributed by atoms with Gasteiger partial charge in [0.1, 0.15) is 5.60 Å². The summed E-state index contributed by atoms with van der Waals surface area (Å²) in [5, 5.41) is 0.737. The summed E-state index contributed by atoms with van der Waals surface area (Å²) in [6.45, 7) is 8.14. The Morgan fingerprint density at radius 3 is 2.77 bits per heavy atom. The van der Waals surface area contributed by atoms with Crippen LogP contribution in [0, 0.1) is 5.92 Å². The van der Waals surface area contributed by atoms with Crippen LogP contribution < -0.4 is 4.90 Å². The molecule has 0 bridgehead atoms. The van der Waals surface area contributed by atoms with E-state index in [9.17, 15) is 4.79 Å². The normalized spacial score (nSPS) is 16.5. The van der Waals surface area contributed by atoms with Crippen molar-refractivity contribution in [2.75, 3.05) is 31.6 Å². The number of carbonyl (C=O) groups is 1. The topological polar surface area (TPSA) is 32.8 Å². The van der Waals surface area contributed by atoms with Crippen molar-refractivity contribution in [1.29, 1.82) is 0 Å². The van der Waals surface area contributed by atoms with Crippen molar-refractivity contribution < 1.29 is 9.53 Å². The van der Waals surface area contributed by atoms with Gasteiger partial charge in [-0.1, -0.05) is 39.7 Å². The first-order valence-electron chi connectivity index (χ1n) is 10.5. The van der Waals surface area contributed by atoms with Crippen molar-refractivity contribution in [2.24, 2.45) is 5.92 Å². The Morgan fingerprint density at radius 1 is 1.29 bits per heavy atom. The van der Waals surface area contributed by atoms with Crippen LogP contribution in [0.1, 0.15) is 32.8 Å². The van der Waals surface area contributed by atoms with Gasteiger partial charge in [0.2, 0.25) is 0 Å². The van der Waals surface area contributed by atoms with E-state index < -0.39 is 5.60 Å². The molecule has 2 aromatic rings. The van der Waals surface area contributed by atoms with Crippen LogP contribution in [0.3, 0.4) is 0 Å². The van der Waals surface area contributed by atoms with Crippen molar-refractivity contribution in [3.63, 3.8) is 0 Å². The number of thioether (sulfide) groups is 1. The average molecular weight is 526 g/mol. The number of benzene rings is 2. The maximum atomic E-state index is 12.3. The standard InChI is InChI=1S/C24H30BrClN2O2S/c1-24(2,3)30-23(29)28-11-10-17(15-28)14-27(4)20-6-5-7-21(13-20)31-16-18-8-9-19(26)12-22(18)25/h5-9,12-13,17H,10-11,14-16H2,1-4H3. The van der Waals surface area contributed by atoms with Gasteiger partial charge in [-0.2, -0.15) is 0 Å². The number of hydrogen-bond donors (Lipinski definition) is 0. The van der Waals surface area contributed by atoms with Crippen LogP contribution in [-0.2, 0) is 10.5 Å². The van der Waals surface area contributed by atoms with E-state index in [4.69, 9.17) is 16.3 Å². The Morgan fingerprint density at radius 2 is 2.06 bits per heavy atom. The van der Waals surface area contributed by atoms with E-state index in [1.54, 1.807) is 0 Å². The molecule has 1 fully saturated rings. The minimum Gasteiger partial charge on any atom is -0.444 e. The van der Waals surface area contributed by atoms with Gasteiger partial charge in [0.15, 0.2) is 0 Å².